The molecule has 0 bridgehead atoms. The molecule has 5 nitrogen and oxygen atoms in total. The third-order valence-corrected chi connectivity index (χ3v) is 6.45. The van der Waals surface area contributed by atoms with Crippen molar-refractivity contribution in [2.24, 2.45) is 0 Å². The number of pyridine rings is 1. The quantitative estimate of drug-likeness (QED) is 0.194. The van der Waals surface area contributed by atoms with Crippen LogP contribution in [0.5, 0.6) is 0 Å². The lowest BCUT2D eigenvalue weighted by molar-refractivity contribution is -0.137. The zero-order chi connectivity index (χ0) is 27.2. The average Bonchev–Trinajstić information content (AvgIpc) is 2.88. The van der Waals surface area contributed by atoms with Crippen molar-refractivity contribution in [3.05, 3.63) is 106 Å². The van der Waals surface area contributed by atoms with Gasteiger partial charge in [0, 0.05) is 59.0 Å². The van der Waals surface area contributed by atoms with Gasteiger partial charge < -0.3 is 10.4 Å². The van der Waals surface area contributed by atoms with E-state index in [1.54, 1.807) is 48.7 Å². The largest absolute Gasteiger partial charge is 0.481 e. The van der Waals surface area contributed by atoms with E-state index < -0.39 is 17.6 Å². The highest BCUT2D eigenvalue weighted by Crippen LogP contribution is 2.33. The molecule has 1 heterocycles. The molecular formula is C29H22Cl2F2N2O3. The highest BCUT2D eigenvalue weighted by molar-refractivity contribution is 6.33. The summed E-state index contributed by atoms with van der Waals surface area (Å²) in [7, 11) is 0. The van der Waals surface area contributed by atoms with Crippen molar-refractivity contribution in [3.8, 4) is 22.3 Å². The van der Waals surface area contributed by atoms with E-state index >= 15 is 0 Å². The second kappa shape index (κ2) is 12.2. The van der Waals surface area contributed by atoms with E-state index in [1.807, 2.05) is 6.07 Å². The van der Waals surface area contributed by atoms with Crippen LogP contribution in [-0.2, 0) is 11.3 Å². The predicted octanol–water partition coefficient (Wildman–Crippen LogP) is 8.05. The maximum atomic E-state index is 14.2. The summed E-state index contributed by atoms with van der Waals surface area (Å²) in [6, 6.07) is 17.3. The SMILES string of the molecule is O=C(O)CCCC(=O)c1ccc(-c2cc(Cl)ccc2CNc2ccc(-c3ccc(F)cc3F)c(Cl)c2)cn1. The molecule has 0 saturated heterocycles. The molecule has 3 aromatic carbocycles. The van der Waals surface area contributed by atoms with Crippen molar-refractivity contribution in [1.82, 2.24) is 4.98 Å². The molecule has 1 aromatic heterocycles. The molecule has 0 spiro atoms. The van der Waals surface area contributed by atoms with Crippen LogP contribution in [0.25, 0.3) is 22.3 Å². The molecule has 0 fully saturated rings. The minimum atomic E-state index is -0.941. The summed E-state index contributed by atoms with van der Waals surface area (Å²) in [5.74, 6) is -2.51. The van der Waals surface area contributed by atoms with Crippen LogP contribution in [0.3, 0.4) is 0 Å². The van der Waals surface area contributed by atoms with Crippen molar-refractivity contribution in [1.29, 1.82) is 0 Å². The zero-order valence-electron chi connectivity index (χ0n) is 20.0. The number of hydrogen-bond donors (Lipinski definition) is 2. The molecule has 0 radical (unpaired) electrons. The van der Waals surface area contributed by atoms with Gasteiger partial charge in [-0.25, -0.2) is 8.78 Å². The molecule has 0 aliphatic heterocycles. The Labute approximate surface area is 228 Å². The summed E-state index contributed by atoms with van der Waals surface area (Å²) in [6.45, 7) is 0.406. The van der Waals surface area contributed by atoms with Crippen LogP contribution in [0.2, 0.25) is 10.0 Å². The number of aromatic nitrogens is 1. The number of benzene rings is 3. The number of hydrogen-bond acceptors (Lipinski definition) is 4. The van der Waals surface area contributed by atoms with E-state index in [0.29, 0.717) is 27.8 Å². The number of ketones is 1. The molecule has 0 aliphatic carbocycles. The van der Waals surface area contributed by atoms with Crippen LogP contribution in [0, 0.1) is 11.6 Å². The van der Waals surface area contributed by atoms with Gasteiger partial charge in [-0.2, -0.15) is 0 Å². The first-order valence-electron chi connectivity index (χ1n) is 11.7. The molecule has 4 rings (SSSR count). The van der Waals surface area contributed by atoms with Crippen molar-refractivity contribution < 1.29 is 23.5 Å². The fraction of sp³-hybridized carbons (Fsp3) is 0.138. The smallest absolute Gasteiger partial charge is 0.303 e. The zero-order valence-corrected chi connectivity index (χ0v) is 21.5. The Kier molecular flexibility index (Phi) is 8.71. The molecule has 0 saturated carbocycles. The molecule has 4 aromatic rings. The number of carbonyl (C=O) groups is 2. The van der Waals surface area contributed by atoms with Gasteiger partial charge in [-0.15, -0.1) is 0 Å². The number of carboxylic acids is 1. The van der Waals surface area contributed by atoms with Gasteiger partial charge in [0.25, 0.3) is 0 Å². The third kappa shape index (κ3) is 6.73. The number of carbonyl (C=O) groups excluding carboxylic acids is 1. The highest BCUT2D eigenvalue weighted by Gasteiger charge is 2.13. The Hall–Kier alpha value is -3.81. The van der Waals surface area contributed by atoms with E-state index in [1.165, 1.54) is 12.1 Å². The van der Waals surface area contributed by atoms with Crippen LogP contribution >= 0.6 is 23.2 Å². The van der Waals surface area contributed by atoms with Gasteiger partial charge in [0.15, 0.2) is 5.78 Å². The summed E-state index contributed by atoms with van der Waals surface area (Å²) < 4.78 is 27.5. The molecule has 194 valence electrons. The second-order valence-corrected chi connectivity index (χ2v) is 9.42. The minimum absolute atomic E-state index is 0.0697. The first-order chi connectivity index (χ1) is 18.2. The monoisotopic (exact) mass is 554 g/mol. The first-order valence-corrected chi connectivity index (χ1v) is 12.5. The van der Waals surface area contributed by atoms with E-state index in [9.17, 15) is 18.4 Å². The van der Waals surface area contributed by atoms with Crippen LogP contribution < -0.4 is 5.32 Å². The highest BCUT2D eigenvalue weighted by atomic mass is 35.5. The number of anilines is 1. The number of aliphatic carboxylic acids is 1. The Morgan fingerprint density at radius 1 is 0.868 bits per heavy atom. The van der Waals surface area contributed by atoms with Gasteiger partial charge in [0.1, 0.15) is 17.3 Å². The van der Waals surface area contributed by atoms with Crippen molar-refractivity contribution in [3.63, 3.8) is 0 Å². The lowest BCUT2D eigenvalue weighted by Crippen LogP contribution is -2.04. The minimum Gasteiger partial charge on any atom is -0.481 e. The van der Waals surface area contributed by atoms with Crippen LogP contribution in [0.1, 0.15) is 35.3 Å². The van der Waals surface area contributed by atoms with Gasteiger partial charge in [-0.3, -0.25) is 14.6 Å². The Bertz CT molecular complexity index is 1490. The fourth-order valence-corrected chi connectivity index (χ4v) is 4.42. The maximum absolute atomic E-state index is 14.2. The summed E-state index contributed by atoms with van der Waals surface area (Å²) in [4.78, 5) is 27.2. The van der Waals surface area contributed by atoms with Crippen LogP contribution in [-0.4, -0.2) is 21.8 Å². The summed E-state index contributed by atoms with van der Waals surface area (Å²) in [5.41, 5.74) is 4.10. The summed E-state index contributed by atoms with van der Waals surface area (Å²) in [6.07, 6.45) is 1.88. The Balaban J connectivity index is 1.49. The topological polar surface area (TPSA) is 79.3 Å². The Morgan fingerprint density at radius 2 is 1.66 bits per heavy atom. The maximum Gasteiger partial charge on any atom is 0.303 e. The average molecular weight is 555 g/mol. The van der Waals surface area contributed by atoms with Crippen LogP contribution in [0.4, 0.5) is 14.5 Å². The lowest BCUT2D eigenvalue weighted by Gasteiger charge is -2.14. The number of halogens is 4. The second-order valence-electron chi connectivity index (χ2n) is 8.58. The molecule has 0 unspecified atom stereocenters. The standard InChI is InChI=1S/C29H22Cl2F2N2O3/c30-19-6-4-17(24(12-19)18-5-11-27(35-16-18)28(36)2-1-3-29(37)38)15-34-21-8-10-22(25(31)14-21)23-9-7-20(32)13-26(23)33/h4-14,16,34H,1-3,15H2,(H,37,38). The number of rotatable bonds is 10. The summed E-state index contributed by atoms with van der Waals surface area (Å²) >= 11 is 12.7. The number of nitrogens with zero attached hydrogens (tertiary/aromatic N) is 1. The molecule has 2 N–H and O–H groups in total. The molecule has 0 aliphatic rings. The van der Waals surface area contributed by atoms with Gasteiger partial charge in [-0.1, -0.05) is 41.4 Å². The number of nitrogens with one attached hydrogen (secondary N) is 1. The predicted molar refractivity (Wildman–Crippen MR) is 145 cm³/mol. The lowest BCUT2D eigenvalue weighted by atomic mass is 10.00. The number of carboxylic acid groups (broad SMARTS) is 1. The molecular weight excluding hydrogens is 533 g/mol. The van der Waals surface area contributed by atoms with Gasteiger partial charge in [-0.05, 0) is 60.0 Å². The van der Waals surface area contributed by atoms with E-state index in [4.69, 9.17) is 28.3 Å². The normalized spacial score (nSPS) is 10.8. The molecule has 0 atom stereocenters. The first kappa shape index (κ1) is 27.2. The molecule has 38 heavy (non-hydrogen) atoms. The van der Waals surface area contributed by atoms with Crippen molar-refractivity contribution in [2.45, 2.75) is 25.8 Å². The van der Waals surface area contributed by atoms with Gasteiger partial charge >= 0.3 is 5.97 Å². The van der Waals surface area contributed by atoms with Crippen molar-refractivity contribution >= 4 is 40.6 Å². The van der Waals surface area contributed by atoms with Gasteiger partial charge in [0.2, 0.25) is 0 Å². The molecule has 9 heteroatoms. The molecule has 0 amide bonds. The Morgan fingerprint density at radius 3 is 2.34 bits per heavy atom. The fourth-order valence-electron chi connectivity index (χ4n) is 3.97. The summed E-state index contributed by atoms with van der Waals surface area (Å²) in [5, 5.41) is 12.9. The van der Waals surface area contributed by atoms with E-state index in [2.05, 4.69) is 10.3 Å². The number of Topliss-reactive ketones (excluding diaryl/α,β-unsaturated/α-hetero) is 1. The van der Waals surface area contributed by atoms with E-state index in [0.717, 1.165) is 22.8 Å². The van der Waals surface area contributed by atoms with Crippen molar-refractivity contribution in [2.75, 3.05) is 5.32 Å². The third-order valence-electron chi connectivity index (χ3n) is 5.90. The van der Waals surface area contributed by atoms with Crippen LogP contribution in [0.15, 0.2) is 72.9 Å². The van der Waals surface area contributed by atoms with Gasteiger partial charge in [0.05, 0.1) is 5.02 Å². The van der Waals surface area contributed by atoms with E-state index in [-0.39, 0.29) is 36.3 Å².